The van der Waals surface area contributed by atoms with Crippen LogP contribution in [0.2, 0.25) is 0 Å². The number of fused-ring (bicyclic) bond motifs is 2. The molecule has 25 heavy (non-hydrogen) atoms. The monoisotopic (exact) mass is 352 g/mol. The van der Waals surface area contributed by atoms with E-state index in [9.17, 15) is 4.79 Å². The molecule has 4 heteroatoms. The number of benzene rings is 1. The molecule has 0 fully saturated rings. The lowest BCUT2D eigenvalue weighted by atomic mass is 9.90. The largest absolute Gasteiger partial charge is 0.281 e. The molecule has 1 aromatic heterocycles. The van der Waals surface area contributed by atoms with Gasteiger partial charge in [0.05, 0.1) is 10.6 Å². The smallest absolute Gasteiger partial charge is 0.266 e. The Morgan fingerprint density at radius 3 is 2.92 bits per heavy atom. The van der Waals surface area contributed by atoms with Crippen LogP contribution in [0, 0.1) is 5.92 Å². The van der Waals surface area contributed by atoms with Crippen LogP contribution in [0.5, 0.6) is 0 Å². The average Bonchev–Trinajstić information content (AvgIpc) is 2.93. The first-order valence-corrected chi connectivity index (χ1v) is 10.1. The van der Waals surface area contributed by atoms with Gasteiger partial charge in [0.1, 0.15) is 0 Å². The van der Waals surface area contributed by atoms with Crippen molar-refractivity contribution in [3.63, 3.8) is 0 Å². The Bertz CT molecular complexity index is 821. The highest BCUT2D eigenvalue weighted by Crippen LogP contribution is 2.32. The number of hydrogen-bond acceptors (Lipinski definition) is 3. The van der Waals surface area contributed by atoms with Gasteiger partial charge >= 0.3 is 0 Å². The first kappa shape index (κ1) is 16.5. The molecule has 0 bridgehead atoms. The number of carbonyl (C=O) groups is 1. The predicted molar refractivity (Wildman–Crippen MR) is 104 cm³/mol. The maximum absolute atomic E-state index is 12.6. The molecule has 2 aliphatic carbocycles. The third-order valence-corrected chi connectivity index (χ3v) is 6.52. The summed E-state index contributed by atoms with van der Waals surface area (Å²) in [5.41, 5.74) is 7.73. The Morgan fingerprint density at radius 1 is 1.16 bits per heavy atom. The maximum Gasteiger partial charge on any atom is 0.281 e. The molecule has 1 amide bonds. The molecule has 1 atom stereocenters. The number of rotatable bonds is 2. The van der Waals surface area contributed by atoms with Gasteiger partial charge in [0.15, 0.2) is 0 Å². The molecule has 2 aromatic rings. The summed E-state index contributed by atoms with van der Waals surface area (Å²) >= 11 is 1.64. The van der Waals surface area contributed by atoms with Crippen LogP contribution < -0.4 is 5.43 Å². The van der Waals surface area contributed by atoms with Crippen LogP contribution in [-0.2, 0) is 19.3 Å². The molecule has 0 spiro atoms. The fourth-order valence-electron chi connectivity index (χ4n) is 3.87. The Kier molecular flexibility index (Phi) is 4.71. The molecule has 0 saturated carbocycles. The summed E-state index contributed by atoms with van der Waals surface area (Å²) in [6, 6.07) is 10.5. The summed E-state index contributed by atoms with van der Waals surface area (Å²) < 4.78 is 0. The van der Waals surface area contributed by atoms with E-state index in [1.807, 2.05) is 0 Å². The van der Waals surface area contributed by atoms with Crippen LogP contribution in [0.3, 0.4) is 0 Å². The first-order chi connectivity index (χ1) is 12.2. The van der Waals surface area contributed by atoms with E-state index >= 15 is 0 Å². The zero-order chi connectivity index (χ0) is 17.2. The van der Waals surface area contributed by atoms with E-state index < -0.39 is 0 Å². The van der Waals surface area contributed by atoms with Crippen molar-refractivity contribution < 1.29 is 4.79 Å². The number of amides is 1. The summed E-state index contributed by atoms with van der Waals surface area (Å²) in [6.07, 6.45) is 7.76. The topological polar surface area (TPSA) is 41.5 Å². The van der Waals surface area contributed by atoms with Gasteiger partial charge in [-0.15, -0.1) is 11.3 Å². The second-order valence-corrected chi connectivity index (χ2v) is 8.41. The Hall–Kier alpha value is -1.94. The number of aryl methyl sites for hydroxylation is 2. The Labute approximate surface area is 153 Å². The van der Waals surface area contributed by atoms with Gasteiger partial charge in [0.2, 0.25) is 0 Å². The molecule has 1 unspecified atom stereocenters. The van der Waals surface area contributed by atoms with Gasteiger partial charge in [-0.25, -0.2) is 5.43 Å². The predicted octanol–water partition coefficient (Wildman–Crippen LogP) is 4.73. The van der Waals surface area contributed by atoms with Crippen molar-refractivity contribution in [2.75, 3.05) is 0 Å². The van der Waals surface area contributed by atoms with Crippen molar-refractivity contribution in [1.82, 2.24) is 5.43 Å². The summed E-state index contributed by atoms with van der Waals surface area (Å²) in [6.45, 7) is 2.29. The van der Waals surface area contributed by atoms with Gasteiger partial charge in [0, 0.05) is 10.4 Å². The van der Waals surface area contributed by atoms with Gasteiger partial charge in [-0.1, -0.05) is 31.2 Å². The summed E-state index contributed by atoms with van der Waals surface area (Å²) in [4.78, 5) is 14.8. The van der Waals surface area contributed by atoms with Crippen LogP contribution in [0.1, 0.15) is 63.8 Å². The van der Waals surface area contributed by atoms with Crippen molar-refractivity contribution in [1.29, 1.82) is 0 Å². The molecular weight excluding hydrogens is 328 g/mol. The normalized spacial score (nSPS) is 21.3. The zero-order valence-corrected chi connectivity index (χ0v) is 15.5. The highest BCUT2D eigenvalue weighted by Gasteiger charge is 2.21. The molecule has 1 heterocycles. The molecule has 130 valence electrons. The number of hydrogen-bond donors (Lipinski definition) is 1. The molecule has 0 aliphatic heterocycles. The maximum atomic E-state index is 12.6. The number of carbonyl (C=O) groups excluding carboxylic acids is 1. The van der Waals surface area contributed by atoms with Crippen molar-refractivity contribution in [2.45, 2.75) is 51.9 Å². The Morgan fingerprint density at radius 2 is 2.00 bits per heavy atom. The molecule has 2 aliphatic rings. The van der Waals surface area contributed by atoms with Crippen molar-refractivity contribution in [3.05, 3.63) is 56.8 Å². The van der Waals surface area contributed by atoms with E-state index in [1.54, 1.807) is 11.3 Å². The molecule has 3 nitrogen and oxygen atoms in total. The SMILES string of the molecule is CC1CCc2sc(C(=O)N/N=C3\CCCCc4ccccc43)cc2C1. The summed E-state index contributed by atoms with van der Waals surface area (Å²) in [7, 11) is 0. The average molecular weight is 353 g/mol. The Balaban J connectivity index is 1.53. The van der Waals surface area contributed by atoms with Crippen LogP contribution in [-0.4, -0.2) is 11.6 Å². The van der Waals surface area contributed by atoms with Gasteiger partial charge in [-0.3, -0.25) is 4.79 Å². The highest BCUT2D eigenvalue weighted by molar-refractivity contribution is 7.14. The third kappa shape index (κ3) is 3.54. The molecule has 0 saturated heterocycles. The fraction of sp³-hybridized carbons (Fsp3) is 0.429. The van der Waals surface area contributed by atoms with Crippen molar-refractivity contribution in [2.24, 2.45) is 11.0 Å². The summed E-state index contributed by atoms with van der Waals surface area (Å²) in [5.74, 6) is 0.655. The van der Waals surface area contributed by atoms with E-state index in [0.29, 0.717) is 0 Å². The molecular formula is C21H24N2OS. The molecule has 0 radical (unpaired) electrons. The van der Waals surface area contributed by atoms with Crippen LogP contribution in [0.4, 0.5) is 0 Å². The lowest BCUT2D eigenvalue weighted by Crippen LogP contribution is -2.19. The number of nitrogens with one attached hydrogen (secondary N) is 1. The second kappa shape index (κ2) is 7.12. The number of hydrazone groups is 1. The van der Waals surface area contributed by atoms with Gasteiger partial charge < -0.3 is 0 Å². The third-order valence-electron chi connectivity index (χ3n) is 5.28. The highest BCUT2D eigenvalue weighted by atomic mass is 32.1. The van der Waals surface area contributed by atoms with E-state index in [1.165, 1.54) is 34.4 Å². The zero-order valence-electron chi connectivity index (χ0n) is 14.7. The number of thiophene rings is 1. The first-order valence-electron chi connectivity index (χ1n) is 9.27. The van der Waals surface area contributed by atoms with Gasteiger partial charge in [0.25, 0.3) is 5.91 Å². The van der Waals surface area contributed by atoms with E-state index in [2.05, 4.69) is 47.8 Å². The minimum atomic E-state index is -0.0683. The minimum absolute atomic E-state index is 0.0683. The van der Waals surface area contributed by atoms with E-state index in [0.717, 1.165) is 48.6 Å². The van der Waals surface area contributed by atoms with E-state index in [-0.39, 0.29) is 5.91 Å². The molecule has 1 N–H and O–H groups in total. The quantitative estimate of drug-likeness (QED) is 0.616. The lowest BCUT2D eigenvalue weighted by Gasteiger charge is -2.16. The second-order valence-electron chi connectivity index (χ2n) is 7.27. The van der Waals surface area contributed by atoms with Crippen LogP contribution >= 0.6 is 11.3 Å². The molecule has 1 aromatic carbocycles. The minimum Gasteiger partial charge on any atom is -0.266 e. The van der Waals surface area contributed by atoms with Gasteiger partial charge in [-0.2, -0.15) is 5.10 Å². The summed E-state index contributed by atoms with van der Waals surface area (Å²) in [5, 5.41) is 4.51. The van der Waals surface area contributed by atoms with Crippen molar-refractivity contribution in [3.8, 4) is 0 Å². The van der Waals surface area contributed by atoms with Gasteiger partial charge in [-0.05, 0) is 68.1 Å². The van der Waals surface area contributed by atoms with Crippen LogP contribution in [0.15, 0.2) is 35.4 Å². The number of nitrogens with zero attached hydrogens (tertiary/aromatic N) is 1. The lowest BCUT2D eigenvalue weighted by molar-refractivity contribution is 0.0958. The van der Waals surface area contributed by atoms with E-state index in [4.69, 9.17) is 0 Å². The van der Waals surface area contributed by atoms with Crippen molar-refractivity contribution >= 4 is 23.0 Å². The standard InChI is InChI=1S/C21H24N2OS/c1-14-10-11-19-16(12-14)13-20(25-19)21(24)23-22-18-9-5-3-7-15-6-2-4-8-17(15)18/h2,4,6,8,13-14H,3,5,7,9-12H2,1H3,(H,23,24)/b22-18+. The molecule has 4 rings (SSSR count). The fourth-order valence-corrected chi connectivity index (χ4v) is 4.97. The van der Waals surface area contributed by atoms with Crippen LogP contribution in [0.25, 0.3) is 0 Å².